The van der Waals surface area contributed by atoms with E-state index >= 15 is 0 Å². The van der Waals surface area contributed by atoms with Gasteiger partial charge in [0, 0.05) is 11.6 Å². The molecule has 116 valence electrons. The molecule has 0 aliphatic heterocycles. The van der Waals surface area contributed by atoms with Crippen molar-refractivity contribution in [3.63, 3.8) is 0 Å². The molecule has 0 saturated carbocycles. The summed E-state index contributed by atoms with van der Waals surface area (Å²) in [4.78, 5) is 11.3. The molecule has 22 heavy (non-hydrogen) atoms. The fourth-order valence-corrected chi connectivity index (χ4v) is 2.94. The number of benzene rings is 2. The molecule has 1 N–H and O–H groups in total. The number of anilines is 1. The number of hydrogen-bond acceptors (Lipinski definition) is 4. The molecule has 0 aromatic heterocycles. The zero-order chi connectivity index (χ0) is 16.3. The molecule has 2 rings (SSSR count). The first-order valence-corrected chi connectivity index (χ1v) is 8.17. The van der Waals surface area contributed by atoms with Crippen LogP contribution in [-0.2, 0) is 10.0 Å². The Labute approximate surface area is 131 Å². The Bertz CT molecular complexity index is 805. The SMILES string of the molecule is O=C(CS)c1ccc(S(=O)(=O)Nc2ccc(F)cc2F)cc1. The van der Waals surface area contributed by atoms with E-state index in [-0.39, 0.29) is 22.1 Å². The second-order valence-corrected chi connectivity index (χ2v) is 6.33. The molecule has 0 spiro atoms. The van der Waals surface area contributed by atoms with Crippen molar-refractivity contribution in [1.82, 2.24) is 0 Å². The molecule has 2 aromatic carbocycles. The van der Waals surface area contributed by atoms with Crippen molar-refractivity contribution in [1.29, 1.82) is 0 Å². The molecule has 0 fully saturated rings. The predicted octanol–water partition coefficient (Wildman–Crippen LogP) is 2.88. The van der Waals surface area contributed by atoms with Crippen molar-refractivity contribution < 1.29 is 22.0 Å². The van der Waals surface area contributed by atoms with E-state index in [1.165, 1.54) is 24.3 Å². The van der Waals surface area contributed by atoms with Crippen LogP contribution < -0.4 is 4.72 Å². The summed E-state index contributed by atoms with van der Waals surface area (Å²) in [6.07, 6.45) is 0. The zero-order valence-corrected chi connectivity index (χ0v) is 12.8. The number of hydrogen-bond donors (Lipinski definition) is 2. The van der Waals surface area contributed by atoms with E-state index in [9.17, 15) is 22.0 Å². The van der Waals surface area contributed by atoms with Crippen LogP contribution in [0.2, 0.25) is 0 Å². The second-order valence-electron chi connectivity index (χ2n) is 4.34. The van der Waals surface area contributed by atoms with Gasteiger partial charge in [-0.2, -0.15) is 12.6 Å². The lowest BCUT2D eigenvalue weighted by Gasteiger charge is -2.09. The van der Waals surface area contributed by atoms with E-state index in [1.807, 2.05) is 4.72 Å². The molecule has 0 radical (unpaired) electrons. The molecular formula is C14H11F2NO3S2. The van der Waals surface area contributed by atoms with Crippen molar-refractivity contribution in [2.24, 2.45) is 0 Å². The topological polar surface area (TPSA) is 63.2 Å². The second kappa shape index (κ2) is 6.45. The van der Waals surface area contributed by atoms with Gasteiger partial charge < -0.3 is 0 Å². The number of nitrogens with one attached hydrogen (secondary N) is 1. The van der Waals surface area contributed by atoms with Crippen LogP contribution in [-0.4, -0.2) is 20.0 Å². The van der Waals surface area contributed by atoms with Gasteiger partial charge in [-0.05, 0) is 24.3 Å². The highest BCUT2D eigenvalue weighted by atomic mass is 32.2. The van der Waals surface area contributed by atoms with Crippen LogP contribution in [0.5, 0.6) is 0 Å². The lowest BCUT2D eigenvalue weighted by molar-refractivity contribution is 0.102. The van der Waals surface area contributed by atoms with E-state index in [0.29, 0.717) is 11.6 Å². The minimum Gasteiger partial charge on any atom is -0.293 e. The highest BCUT2D eigenvalue weighted by Crippen LogP contribution is 2.20. The lowest BCUT2D eigenvalue weighted by Crippen LogP contribution is -2.14. The minimum absolute atomic E-state index is 0.00510. The fraction of sp³-hybridized carbons (Fsp3) is 0.0714. The molecule has 0 atom stereocenters. The largest absolute Gasteiger partial charge is 0.293 e. The average Bonchev–Trinajstić information content (AvgIpc) is 2.49. The van der Waals surface area contributed by atoms with Gasteiger partial charge in [0.15, 0.2) is 5.78 Å². The summed E-state index contributed by atoms with van der Waals surface area (Å²) in [5.41, 5.74) is -0.0428. The standard InChI is InChI=1S/C14H11F2NO3S2/c15-10-3-6-13(12(16)7-10)17-22(19,20)11-4-1-9(2-5-11)14(18)8-21/h1-7,17,21H,8H2. The van der Waals surface area contributed by atoms with Crippen molar-refractivity contribution >= 4 is 34.1 Å². The van der Waals surface area contributed by atoms with Crippen LogP contribution in [0.1, 0.15) is 10.4 Å². The smallest absolute Gasteiger partial charge is 0.261 e. The lowest BCUT2D eigenvalue weighted by atomic mass is 10.1. The summed E-state index contributed by atoms with van der Waals surface area (Å²) >= 11 is 3.84. The summed E-state index contributed by atoms with van der Waals surface area (Å²) in [5, 5.41) is 0. The third-order valence-electron chi connectivity index (χ3n) is 2.81. The third-order valence-corrected chi connectivity index (χ3v) is 4.47. The summed E-state index contributed by atoms with van der Waals surface area (Å²) in [5.74, 6) is -2.07. The summed E-state index contributed by atoms with van der Waals surface area (Å²) in [6, 6.07) is 7.63. The number of halogens is 2. The Kier molecular flexibility index (Phi) is 4.82. The Morgan fingerprint density at radius 2 is 1.73 bits per heavy atom. The van der Waals surface area contributed by atoms with Crippen molar-refractivity contribution in [2.75, 3.05) is 10.5 Å². The van der Waals surface area contributed by atoms with E-state index in [2.05, 4.69) is 12.6 Å². The summed E-state index contributed by atoms with van der Waals surface area (Å²) in [7, 11) is -4.04. The highest BCUT2D eigenvalue weighted by Gasteiger charge is 2.17. The minimum atomic E-state index is -4.04. The number of thiol groups is 1. The average molecular weight is 343 g/mol. The molecule has 0 aliphatic carbocycles. The third kappa shape index (κ3) is 3.63. The normalized spacial score (nSPS) is 11.2. The van der Waals surface area contributed by atoms with Gasteiger partial charge in [0.25, 0.3) is 10.0 Å². The maximum atomic E-state index is 13.5. The summed E-state index contributed by atoms with van der Waals surface area (Å²) in [6.45, 7) is 0. The van der Waals surface area contributed by atoms with E-state index in [4.69, 9.17) is 0 Å². The number of sulfonamides is 1. The Hall–Kier alpha value is -1.93. The maximum Gasteiger partial charge on any atom is 0.261 e. The van der Waals surface area contributed by atoms with Crippen molar-refractivity contribution in [2.45, 2.75) is 4.90 Å². The van der Waals surface area contributed by atoms with E-state index < -0.39 is 21.7 Å². The molecule has 8 heteroatoms. The van der Waals surface area contributed by atoms with Gasteiger partial charge in [-0.25, -0.2) is 17.2 Å². The van der Waals surface area contributed by atoms with Crippen LogP contribution in [0.3, 0.4) is 0 Å². The quantitative estimate of drug-likeness (QED) is 0.648. The Morgan fingerprint density at radius 3 is 2.27 bits per heavy atom. The first kappa shape index (κ1) is 16.4. The van der Waals surface area contributed by atoms with Crippen LogP contribution in [0.4, 0.5) is 14.5 Å². The van der Waals surface area contributed by atoms with Gasteiger partial charge in [-0.15, -0.1) is 0 Å². The van der Waals surface area contributed by atoms with E-state index in [1.54, 1.807) is 0 Å². The summed E-state index contributed by atoms with van der Waals surface area (Å²) < 4.78 is 52.6. The number of ketones is 1. The maximum absolute atomic E-state index is 13.5. The van der Waals surface area contributed by atoms with Gasteiger partial charge in [0.2, 0.25) is 0 Å². The fourth-order valence-electron chi connectivity index (χ4n) is 1.69. The van der Waals surface area contributed by atoms with Gasteiger partial charge in [-0.1, -0.05) is 12.1 Å². The van der Waals surface area contributed by atoms with Crippen LogP contribution >= 0.6 is 12.6 Å². The van der Waals surface area contributed by atoms with Gasteiger partial charge in [-0.3, -0.25) is 9.52 Å². The molecule has 0 heterocycles. The number of carbonyl (C=O) groups is 1. The first-order chi connectivity index (χ1) is 10.3. The van der Waals surface area contributed by atoms with E-state index in [0.717, 1.165) is 12.1 Å². The molecule has 2 aromatic rings. The molecular weight excluding hydrogens is 332 g/mol. The van der Waals surface area contributed by atoms with Crippen LogP contribution in [0, 0.1) is 11.6 Å². The highest BCUT2D eigenvalue weighted by molar-refractivity contribution is 7.92. The monoisotopic (exact) mass is 343 g/mol. The molecule has 4 nitrogen and oxygen atoms in total. The zero-order valence-electron chi connectivity index (χ0n) is 11.1. The number of carbonyl (C=O) groups excluding carboxylic acids is 1. The van der Waals surface area contributed by atoms with Gasteiger partial charge in [0.1, 0.15) is 11.6 Å². The van der Waals surface area contributed by atoms with Gasteiger partial charge in [0.05, 0.1) is 16.3 Å². The first-order valence-electron chi connectivity index (χ1n) is 6.05. The Morgan fingerprint density at radius 1 is 1.09 bits per heavy atom. The predicted molar refractivity (Wildman–Crippen MR) is 81.8 cm³/mol. The van der Waals surface area contributed by atoms with Crippen LogP contribution in [0.25, 0.3) is 0 Å². The van der Waals surface area contributed by atoms with Crippen LogP contribution in [0.15, 0.2) is 47.4 Å². The number of Topliss-reactive ketones (excluding diaryl/α,β-unsaturated/α-hetero) is 1. The molecule has 0 bridgehead atoms. The van der Waals surface area contributed by atoms with Gasteiger partial charge >= 0.3 is 0 Å². The number of rotatable bonds is 5. The molecule has 0 saturated heterocycles. The van der Waals surface area contributed by atoms with Crippen molar-refractivity contribution in [3.05, 3.63) is 59.7 Å². The Balaban J connectivity index is 2.28. The molecule has 0 unspecified atom stereocenters. The van der Waals surface area contributed by atoms with Crippen molar-refractivity contribution in [3.8, 4) is 0 Å². The molecule has 0 amide bonds. The molecule has 0 aliphatic rings.